The molecule has 23 heavy (non-hydrogen) atoms. The highest BCUT2D eigenvalue weighted by molar-refractivity contribution is 5.58. The van der Waals surface area contributed by atoms with Crippen molar-refractivity contribution >= 4 is 17.5 Å². The van der Waals surface area contributed by atoms with Gasteiger partial charge in [-0.25, -0.2) is 9.37 Å². The standard InChI is InChI=1S/C14H14F4N4O/c1-8-6-9(2-3-10(8)15)20-12-7-11(14(16,17)18)21-13(22-12)19-4-5-23/h2-3,6-7,23H,4-5H2,1H3,(H2,19,20,21,22). The Bertz CT molecular complexity index is 691. The van der Waals surface area contributed by atoms with E-state index in [1.807, 2.05) is 0 Å². The average Bonchev–Trinajstić information content (AvgIpc) is 2.48. The van der Waals surface area contributed by atoms with Crippen LogP contribution in [0.5, 0.6) is 0 Å². The summed E-state index contributed by atoms with van der Waals surface area (Å²) in [6.45, 7) is 1.27. The first-order valence-corrected chi connectivity index (χ1v) is 6.64. The lowest BCUT2D eigenvalue weighted by Crippen LogP contribution is -2.15. The molecule has 2 rings (SSSR count). The molecule has 0 unspecified atom stereocenters. The summed E-state index contributed by atoms with van der Waals surface area (Å²) in [6.07, 6.45) is -4.65. The summed E-state index contributed by atoms with van der Waals surface area (Å²) in [6, 6.07) is 4.79. The van der Waals surface area contributed by atoms with Crippen molar-refractivity contribution < 1.29 is 22.7 Å². The van der Waals surface area contributed by atoms with Gasteiger partial charge in [-0.1, -0.05) is 0 Å². The first kappa shape index (κ1) is 16.9. The van der Waals surface area contributed by atoms with Gasteiger partial charge in [-0.05, 0) is 30.7 Å². The lowest BCUT2D eigenvalue weighted by atomic mass is 10.2. The van der Waals surface area contributed by atoms with Crippen LogP contribution >= 0.6 is 0 Å². The van der Waals surface area contributed by atoms with Crippen LogP contribution in [0.25, 0.3) is 0 Å². The Morgan fingerprint density at radius 1 is 1.17 bits per heavy atom. The van der Waals surface area contributed by atoms with E-state index in [1.54, 1.807) is 0 Å². The molecule has 5 nitrogen and oxygen atoms in total. The molecule has 0 fully saturated rings. The van der Waals surface area contributed by atoms with Gasteiger partial charge in [0.2, 0.25) is 5.95 Å². The largest absolute Gasteiger partial charge is 0.433 e. The number of hydrogen-bond donors (Lipinski definition) is 3. The second kappa shape index (κ2) is 6.78. The molecule has 0 amide bonds. The first-order valence-electron chi connectivity index (χ1n) is 6.64. The van der Waals surface area contributed by atoms with Crippen molar-refractivity contribution in [3.63, 3.8) is 0 Å². The quantitative estimate of drug-likeness (QED) is 0.735. The number of aliphatic hydroxyl groups excluding tert-OH is 1. The highest BCUT2D eigenvalue weighted by Gasteiger charge is 2.33. The third-order valence-corrected chi connectivity index (χ3v) is 2.84. The van der Waals surface area contributed by atoms with Gasteiger partial charge in [-0.3, -0.25) is 0 Å². The molecule has 0 radical (unpaired) electrons. The topological polar surface area (TPSA) is 70.1 Å². The van der Waals surface area contributed by atoms with Gasteiger partial charge in [0, 0.05) is 18.3 Å². The minimum absolute atomic E-state index is 0.0103. The lowest BCUT2D eigenvalue weighted by molar-refractivity contribution is -0.141. The van der Waals surface area contributed by atoms with Crippen molar-refractivity contribution in [3.8, 4) is 0 Å². The van der Waals surface area contributed by atoms with Crippen LogP contribution in [0.4, 0.5) is 35.0 Å². The summed E-state index contributed by atoms with van der Waals surface area (Å²) in [7, 11) is 0. The Morgan fingerprint density at radius 3 is 2.52 bits per heavy atom. The number of rotatable bonds is 5. The Kier molecular flexibility index (Phi) is 4.99. The Balaban J connectivity index is 2.33. The van der Waals surface area contributed by atoms with Crippen LogP contribution in [0, 0.1) is 12.7 Å². The van der Waals surface area contributed by atoms with Gasteiger partial charge in [0.15, 0.2) is 5.69 Å². The molecule has 3 N–H and O–H groups in total. The van der Waals surface area contributed by atoms with Gasteiger partial charge in [-0.2, -0.15) is 18.2 Å². The average molecular weight is 330 g/mol. The molecule has 0 aliphatic carbocycles. The fourth-order valence-corrected chi connectivity index (χ4v) is 1.77. The van der Waals surface area contributed by atoms with Gasteiger partial charge in [-0.15, -0.1) is 0 Å². The molecule has 0 saturated carbocycles. The summed E-state index contributed by atoms with van der Waals surface area (Å²) in [5.41, 5.74) is -0.392. The minimum Gasteiger partial charge on any atom is -0.395 e. The summed E-state index contributed by atoms with van der Waals surface area (Å²) in [5.74, 6) is -0.784. The van der Waals surface area contributed by atoms with E-state index in [1.165, 1.54) is 25.1 Å². The molecule has 0 aliphatic heterocycles. The molecule has 124 valence electrons. The molecule has 0 bridgehead atoms. The van der Waals surface area contributed by atoms with Gasteiger partial charge >= 0.3 is 6.18 Å². The Hall–Kier alpha value is -2.42. The van der Waals surface area contributed by atoms with Crippen LogP contribution in [-0.4, -0.2) is 28.2 Å². The number of benzene rings is 1. The van der Waals surface area contributed by atoms with Crippen molar-refractivity contribution in [3.05, 3.63) is 41.3 Å². The highest BCUT2D eigenvalue weighted by Crippen LogP contribution is 2.30. The summed E-state index contributed by atoms with van der Waals surface area (Å²) in [5, 5.41) is 13.9. The normalized spacial score (nSPS) is 11.4. The van der Waals surface area contributed by atoms with Crippen molar-refractivity contribution in [1.29, 1.82) is 0 Å². The SMILES string of the molecule is Cc1cc(Nc2cc(C(F)(F)F)nc(NCCO)n2)ccc1F. The molecule has 9 heteroatoms. The highest BCUT2D eigenvalue weighted by atomic mass is 19.4. The van der Waals surface area contributed by atoms with Crippen LogP contribution in [-0.2, 0) is 6.18 Å². The van der Waals surface area contributed by atoms with Crippen LogP contribution in [0.15, 0.2) is 24.3 Å². The molecule has 1 heterocycles. The predicted octanol–water partition coefficient (Wildman–Crippen LogP) is 3.09. The summed E-state index contributed by atoms with van der Waals surface area (Å²) < 4.78 is 51.9. The third kappa shape index (κ3) is 4.52. The van der Waals surface area contributed by atoms with E-state index in [4.69, 9.17) is 5.11 Å². The summed E-state index contributed by atoms with van der Waals surface area (Å²) >= 11 is 0. The number of nitrogens with one attached hydrogen (secondary N) is 2. The molecular formula is C14H14F4N4O. The van der Waals surface area contributed by atoms with Crippen molar-refractivity contribution in [2.24, 2.45) is 0 Å². The number of aryl methyl sites for hydroxylation is 1. The predicted molar refractivity (Wildman–Crippen MR) is 77.0 cm³/mol. The van der Waals surface area contributed by atoms with E-state index in [0.29, 0.717) is 11.3 Å². The number of nitrogens with zero attached hydrogens (tertiary/aromatic N) is 2. The molecular weight excluding hydrogens is 316 g/mol. The van der Waals surface area contributed by atoms with E-state index in [0.717, 1.165) is 6.07 Å². The number of alkyl halides is 3. The molecule has 1 aromatic heterocycles. The van der Waals surface area contributed by atoms with E-state index in [2.05, 4.69) is 20.6 Å². The van der Waals surface area contributed by atoms with Gasteiger partial charge < -0.3 is 15.7 Å². The van der Waals surface area contributed by atoms with Crippen molar-refractivity contribution in [2.75, 3.05) is 23.8 Å². The smallest absolute Gasteiger partial charge is 0.395 e. The number of aromatic nitrogens is 2. The molecule has 0 atom stereocenters. The lowest BCUT2D eigenvalue weighted by Gasteiger charge is -2.13. The maximum Gasteiger partial charge on any atom is 0.433 e. The molecule has 0 saturated heterocycles. The van der Waals surface area contributed by atoms with Gasteiger partial charge in [0.05, 0.1) is 6.61 Å². The van der Waals surface area contributed by atoms with Crippen LogP contribution in [0.1, 0.15) is 11.3 Å². The van der Waals surface area contributed by atoms with E-state index >= 15 is 0 Å². The zero-order valence-electron chi connectivity index (χ0n) is 12.1. The maximum atomic E-state index is 13.2. The van der Waals surface area contributed by atoms with Crippen LogP contribution in [0.3, 0.4) is 0 Å². The number of halogens is 4. The third-order valence-electron chi connectivity index (χ3n) is 2.84. The Morgan fingerprint density at radius 2 is 1.91 bits per heavy atom. The zero-order valence-corrected chi connectivity index (χ0v) is 12.1. The Labute approximate surface area is 129 Å². The maximum absolute atomic E-state index is 13.2. The fourth-order valence-electron chi connectivity index (χ4n) is 1.77. The van der Waals surface area contributed by atoms with E-state index in [9.17, 15) is 17.6 Å². The van der Waals surface area contributed by atoms with Gasteiger partial charge in [0.1, 0.15) is 11.6 Å². The minimum atomic E-state index is -4.65. The van der Waals surface area contributed by atoms with Crippen molar-refractivity contribution in [1.82, 2.24) is 9.97 Å². The van der Waals surface area contributed by atoms with Crippen molar-refractivity contribution in [2.45, 2.75) is 13.1 Å². The summed E-state index contributed by atoms with van der Waals surface area (Å²) in [4.78, 5) is 7.25. The van der Waals surface area contributed by atoms with E-state index < -0.39 is 17.7 Å². The van der Waals surface area contributed by atoms with Crippen LogP contribution < -0.4 is 10.6 Å². The zero-order chi connectivity index (χ0) is 17.0. The number of anilines is 3. The van der Waals surface area contributed by atoms with Crippen LogP contribution in [0.2, 0.25) is 0 Å². The number of aliphatic hydroxyl groups is 1. The molecule has 2 aromatic rings. The first-order chi connectivity index (χ1) is 10.8. The second-order valence-corrected chi connectivity index (χ2v) is 4.70. The van der Waals surface area contributed by atoms with Gasteiger partial charge in [0.25, 0.3) is 0 Å². The monoisotopic (exact) mass is 330 g/mol. The van der Waals surface area contributed by atoms with E-state index in [-0.39, 0.29) is 24.9 Å². The second-order valence-electron chi connectivity index (χ2n) is 4.70. The molecule has 0 spiro atoms. The number of hydrogen-bond acceptors (Lipinski definition) is 5. The molecule has 1 aromatic carbocycles. The molecule has 0 aliphatic rings. The fraction of sp³-hybridized carbons (Fsp3) is 0.286.